The Morgan fingerprint density at radius 2 is 1.95 bits per heavy atom. The molecule has 1 aromatic carbocycles. The molecule has 2 rings (SSSR count). The molecule has 0 bridgehead atoms. The van der Waals surface area contributed by atoms with Gasteiger partial charge in [0.25, 0.3) is 5.91 Å². The van der Waals surface area contributed by atoms with Crippen molar-refractivity contribution in [3.05, 3.63) is 58.3 Å². The molecule has 4 nitrogen and oxygen atoms in total. The maximum Gasteiger partial charge on any atom is 0.251 e. The second-order valence-electron chi connectivity index (χ2n) is 4.40. The molecule has 1 aromatic heterocycles. The lowest BCUT2D eigenvalue weighted by Crippen LogP contribution is -2.28. The minimum absolute atomic E-state index is 0.0550. The molecule has 0 radical (unpaired) electrons. The van der Waals surface area contributed by atoms with Crippen LogP contribution in [0.5, 0.6) is 0 Å². The molecule has 2 aromatic rings. The van der Waals surface area contributed by atoms with Crippen LogP contribution in [0.25, 0.3) is 0 Å². The molecule has 104 valence electrons. The molecule has 0 aliphatic carbocycles. The fourth-order valence-electron chi connectivity index (χ4n) is 1.70. The Labute approximate surface area is 126 Å². The van der Waals surface area contributed by atoms with Gasteiger partial charge in [0.2, 0.25) is 0 Å². The van der Waals surface area contributed by atoms with Crippen molar-refractivity contribution in [2.45, 2.75) is 6.92 Å². The number of amides is 1. The summed E-state index contributed by atoms with van der Waals surface area (Å²) in [6.07, 6.45) is 3.45. The van der Waals surface area contributed by atoms with Gasteiger partial charge in [0.1, 0.15) is 0 Å². The predicted molar refractivity (Wildman–Crippen MR) is 83.9 cm³/mol. The van der Waals surface area contributed by atoms with Gasteiger partial charge in [-0.25, -0.2) is 0 Å². The molecule has 1 amide bonds. The summed E-state index contributed by atoms with van der Waals surface area (Å²) in [7, 11) is 0. The maximum absolute atomic E-state index is 11.9. The van der Waals surface area contributed by atoms with Gasteiger partial charge in [0, 0.05) is 31.0 Å². The van der Waals surface area contributed by atoms with Gasteiger partial charge < -0.3 is 10.6 Å². The first kappa shape index (κ1) is 14.5. The van der Waals surface area contributed by atoms with E-state index in [4.69, 9.17) is 0 Å². The maximum atomic E-state index is 11.9. The normalized spacial score (nSPS) is 10.1. The summed E-state index contributed by atoms with van der Waals surface area (Å²) in [6.45, 7) is 3.21. The molecule has 20 heavy (non-hydrogen) atoms. The third kappa shape index (κ3) is 4.06. The SMILES string of the molecule is Cc1ccc(C(=O)NCCNc2ccncc2Br)cc1. The van der Waals surface area contributed by atoms with Crippen LogP contribution in [0.3, 0.4) is 0 Å². The Morgan fingerprint density at radius 3 is 2.65 bits per heavy atom. The highest BCUT2D eigenvalue weighted by molar-refractivity contribution is 9.10. The standard InChI is InChI=1S/C15H16BrN3O/c1-11-2-4-12(5-3-11)15(20)19-9-8-18-14-6-7-17-10-13(14)16/h2-7,10H,8-9H2,1H3,(H,17,18)(H,19,20). The van der Waals surface area contributed by atoms with Gasteiger partial charge in [-0.05, 0) is 41.1 Å². The van der Waals surface area contributed by atoms with Crippen molar-refractivity contribution in [1.82, 2.24) is 10.3 Å². The fourth-order valence-corrected chi connectivity index (χ4v) is 2.09. The van der Waals surface area contributed by atoms with E-state index in [1.54, 1.807) is 12.4 Å². The van der Waals surface area contributed by atoms with Gasteiger partial charge in [0.15, 0.2) is 0 Å². The number of halogens is 1. The Hall–Kier alpha value is -1.88. The van der Waals surface area contributed by atoms with E-state index in [9.17, 15) is 4.79 Å². The number of nitrogens with one attached hydrogen (secondary N) is 2. The molecule has 0 aliphatic heterocycles. The number of pyridine rings is 1. The summed E-state index contributed by atoms with van der Waals surface area (Å²) in [5, 5.41) is 6.10. The second-order valence-corrected chi connectivity index (χ2v) is 5.26. The van der Waals surface area contributed by atoms with E-state index in [0.717, 1.165) is 15.7 Å². The summed E-state index contributed by atoms with van der Waals surface area (Å²) < 4.78 is 0.907. The molecule has 0 saturated heterocycles. The van der Waals surface area contributed by atoms with Crippen molar-refractivity contribution in [3.63, 3.8) is 0 Å². The van der Waals surface area contributed by atoms with E-state index < -0.39 is 0 Å². The van der Waals surface area contributed by atoms with Crippen molar-refractivity contribution in [2.75, 3.05) is 18.4 Å². The molecule has 0 atom stereocenters. The molecule has 0 aliphatic rings. The Balaban J connectivity index is 1.77. The van der Waals surface area contributed by atoms with Crippen molar-refractivity contribution in [2.24, 2.45) is 0 Å². The predicted octanol–water partition coefficient (Wildman–Crippen LogP) is 2.99. The summed E-state index contributed by atoms with van der Waals surface area (Å²) in [5.41, 5.74) is 2.79. The molecule has 1 heterocycles. The summed E-state index contributed by atoms with van der Waals surface area (Å²) in [5.74, 6) is -0.0550. The van der Waals surface area contributed by atoms with Crippen LogP contribution < -0.4 is 10.6 Å². The minimum atomic E-state index is -0.0550. The zero-order valence-electron chi connectivity index (χ0n) is 11.2. The average molecular weight is 334 g/mol. The van der Waals surface area contributed by atoms with E-state index in [1.165, 1.54) is 0 Å². The number of carbonyl (C=O) groups excluding carboxylic acids is 1. The molecule has 0 fully saturated rings. The van der Waals surface area contributed by atoms with Crippen LogP contribution >= 0.6 is 15.9 Å². The molecule has 0 spiro atoms. The second kappa shape index (κ2) is 7.05. The highest BCUT2D eigenvalue weighted by Crippen LogP contribution is 2.19. The molecule has 0 unspecified atom stereocenters. The molecule has 2 N–H and O–H groups in total. The van der Waals surface area contributed by atoms with Crippen molar-refractivity contribution in [1.29, 1.82) is 0 Å². The van der Waals surface area contributed by atoms with Gasteiger partial charge in [-0.3, -0.25) is 9.78 Å². The monoisotopic (exact) mass is 333 g/mol. The van der Waals surface area contributed by atoms with Gasteiger partial charge in [-0.15, -0.1) is 0 Å². The lowest BCUT2D eigenvalue weighted by molar-refractivity contribution is 0.0955. The summed E-state index contributed by atoms with van der Waals surface area (Å²) in [6, 6.07) is 9.41. The van der Waals surface area contributed by atoms with Gasteiger partial charge in [-0.2, -0.15) is 0 Å². The largest absolute Gasteiger partial charge is 0.382 e. The van der Waals surface area contributed by atoms with Crippen LogP contribution in [0.15, 0.2) is 47.2 Å². The van der Waals surface area contributed by atoms with Gasteiger partial charge in [-0.1, -0.05) is 17.7 Å². The first-order valence-corrected chi connectivity index (χ1v) is 7.14. The number of rotatable bonds is 5. The smallest absolute Gasteiger partial charge is 0.251 e. The van der Waals surface area contributed by atoms with Crippen LogP contribution in [-0.2, 0) is 0 Å². The number of hydrogen-bond donors (Lipinski definition) is 2. The third-order valence-electron chi connectivity index (χ3n) is 2.81. The minimum Gasteiger partial charge on any atom is -0.382 e. The third-order valence-corrected chi connectivity index (χ3v) is 3.44. The van der Waals surface area contributed by atoms with E-state index in [-0.39, 0.29) is 5.91 Å². The summed E-state index contributed by atoms with van der Waals surface area (Å²) in [4.78, 5) is 15.9. The van der Waals surface area contributed by atoms with Crippen LogP contribution in [0.4, 0.5) is 5.69 Å². The Morgan fingerprint density at radius 1 is 1.20 bits per heavy atom. The number of nitrogens with zero attached hydrogens (tertiary/aromatic N) is 1. The Bertz CT molecular complexity index is 584. The molecular weight excluding hydrogens is 318 g/mol. The number of benzene rings is 1. The number of carbonyl (C=O) groups is 1. The van der Waals surface area contributed by atoms with Crippen LogP contribution in [0, 0.1) is 6.92 Å². The number of aromatic nitrogens is 1. The van der Waals surface area contributed by atoms with Gasteiger partial charge in [0.05, 0.1) is 10.2 Å². The van der Waals surface area contributed by atoms with Crippen LogP contribution in [-0.4, -0.2) is 24.0 Å². The summed E-state index contributed by atoms with van der Waals surface area (Å²) >= 11 is 3.41. The first-order valence-electron chi connectivity index (χ1n) is 6.35. The average Bonchev–Trinajstić information content (AvgIpc) is 2.46. The van der Waals surface area contributed by atoms with E-state index in [1.807, 2.05) is 37.3 Å². The lowest BCUT2D eigenvalue weighted by Gasteiger charge is -2.09. The zero-order chi connectivity index (χ0) is 14.4. The fraction of sp³-hybridized carbons (Fsp3) is 0.200. The lowest BCUT2D eigenvalue weighted by atomic mass is 10.1. The number of hydrogen-bond acceptors (Lipinski definition) is 3. The molecule has 0 saturated carbocycles. The molecule has 5 heteroatoms. The number of aryl methyl sites for hydroxylation is 1. The first-order chi connectivity index (χ1) is 9.66. The number of anilines is 1. The van der Waals surface area contributed by atoms with Crippen LogP contribution in [0.2, 0.25) is 0 Å². The van der Waals surface area contributed by atoms with Crippen molar-refractivity contribution >= 4 is 27.5 Å². The highest BCUT2D eigenvalue weighted by Gasteiger charge is 2.04. The Kier molecular flexibility index (Phi) is 5.12. The van der Waals surface area contributed by atoms with Gasteiger partial charge >= 0.3 is 0 Å². The quantitative estimate of drug-likeness (QED) is 0.827. The topological polar surface area (TPSA) is 54.0 Å². The van der Waals surface area contributed by atoms with E-state index in [2.05, 4.69) is 31.5 Å². The van der Waals surface area contributed by atoms with Crippen molar-refractivity contribution in [3.8, 4) is 0 Å². The van der Waals surface area contributed by atoms with E-state index in [0.29, 0.717) is 18.7 Å². The van der Waals surface area contributed by atoms with Crippen LogP contribution in [0.1, 0.15) is 15.9 Å². The highest BCUT2D eigenvalue weighted by atomic mass is 79.9. The van der Waals surface area contributed by atoms with Crippen molar-refractivity contribution < 1.29 is 4.79 Å². The molecular formula is C15H16BrN3O. The zero-order valence-corrected chi connectivity index (χ0v) is 12.8. The van der Waals surface area contributed by atoms with E-state index >= 15 is 0 Å².